The second-order valence-electron chi connectivity index (χ2n) is 13.6. The van der Waals surface area contributed by atoms with Crippen LogP contribution in [0.3, 0.4) is 0 Å². The molecule has 0 unspecified atom stereocenters. The molecule has 0 aliphatic heterocycles. The molecule has 3 aromatic rings. The Hall–Kier alpha value is -3.24. The number of anilines is 1. The van der Waals surface area contributed by atoms with E-state index in [0.29, 0.717) is 0 Å². The number of hydrogen-bond donors (Lipinski definition) is 1. The lowest BCUT2D eigenvalue weighted by Gasteiger charge is -2.20. The molecule has 0 bridgehead atoms. The number of unbranched alkanes of at least 4 members (excludes halogenated alkanes) is 15. The molecule has 0 aromatic heterocycles. The summed E-state index contributed by atoms with van der Waals surface area (Å²) in [6, 6.07) is 23.6. The molecule has 0 spiro atoms. The second kappa shape index (κ2) is 24.0. The first-order valence-corrected chi connectivity index (χ1v) is 19.4. The smallest absolute Gasteiger partial charge is 0.0385 e. The molecule has 0 aliphatic rings. The minimum absolute atomic E-state index is 0.993. The lowest BCUT2D eigenvalue weighted by Crippen LogP contribution is -2.06. The zero-order chi connectivity index (χ0) is 33.4. The number of aryl methyl sites for hydroxylation is 2. The van der Waals surface area contributed by atoms with Crippen molar-refractivity contribution in [3.8, 4) is 11.8 Å². The molecular weight excluding hydrogens is 567 g/mol. The number of hydrogen-bond acceptors (Lipinski definition) is 1. The van der Waals surface area contributed by atoms with E-state index in [-0.39, 0.29) is 0 Å². The topological polar surface area (TPSA) is 12.0 Å². The summed E-state index contributed by atoms with van der Waals surface area (Å²) >= 11 is 0. The molecule has 1 nitrogen and oxygen atoms in total. The monoisotopic (exact) mass is 632 g/mol. The fourth-order valence-electron chi connectivity index (χ4n) is 6.56. The van der Waals surface area contributed by atoms with Gasteiger partial charge in [-0.2, -0.15) is 0 Å². The van der Waals surface area contributed by atoms with Crippen molar-refractivity contribution in [3.63, 3.8) is 0 Å². The summed E-state index contributed by atoms with van der Waals surface area (Å²) in [7, 11) is 0. The standard InChI is InChI=1S/C46H65N/c1-5-8-11-14-17-23-28-42-37-44(39(4)47-45-35-33-41(34-36-45)32-31-40-26-21-20-22-27-40)38-43(29-24-18-15-12-9-6-2)46(42)30-25-19-16-13-10-7-3/h20-22,26-27,33-38,47H,4-19,23-25,28-30H2,1-3H3. The van der Waals surface area contributed by atoms with Crippen LogP contribution in [0.25, 0.3) is 5.70 Å². The van der Waals surface area contributed by atoms with Crippen molar-refractivity contribution < 1.29 is 0 Å². The SMILES string of the molecule is C=C(Nc1ccc(C#Cc2ccccc2)cc1)c1cc(CCCCCCCC)c(CCCCCCCC)c(CCCCCCCC)c1. The third-order valence-corrected chi connectivity index (χ3v) is 9.47. The summed E-state index contributed by atoms with van der Waals surface area (Å²) in [6.07, 6.45) is 27.8. The van der Waals surface area contributed by atoms with Crippen molar-refractivity contribution in [1.29, 1.82) is 0 Å². The molecule has 0 amide bonds. The fourth-order valence-corrected chi connectivity index (χ4v) is 6.56. The Morgan fingerprint density at radius 2 is 0.936 bits per heavy atom. The minimum Gasteiger partial charge on any atom is -0.356 e. The van der Waals surface area contributed by atoms with Crippen LogP contribution in [0, 0.1) is 11.8 Å². The van der Waals surface area contributed by atoms with Gasteiger partial charge >= 0.3 is 0 Å². The zero-order valence-corrected chi connectivity index (χ0v) is 30.4. The van der Waals surface area contributed by atoms with Gasteiger partial charge in [0, 0.05) is 22.5 Å². The van der Waals surface area contributed by atoms with E-state index >= 15 is 0 Å². The Balaban J connectivity index is 1.78. The van der Waals surface area contributed by atoms with Gasteiger partial charge in [0.15, 0.2) is 0 Å². The highest BCUT2D eigenvalue weighted by Crippen LogP contribution is 2.29. The van der Waals surface area contributed by atoms with Gasteiger partial charge in [-0.1, -0.05) is 154 Å². The van der Waals surface area contributed by atoms with Crippen molar-refractivity contribution in [2.24, 2.45) is 0 Å². The number of benzene rings is 3. The van der Waals surface area contributed by atoms with Crippen molar-refractivity contribution in [2.75, 3.05) is 5.32 Å². The lowest BCUT2D eigenvalue weighted by atomic mass is 9.87. The van der Waals surface area contributed by atoms with E-state index in [1.54, 1.807) is 16.7 Å². The highest BCUT2D eigenvalue weighted by atomic mass is 14.9. The first kappa shape index (κ1) is 38.2. The first-order chi connectivity index (χ1) is 23.1. The van der Waals surface area contributed by atoms with Gasteiger partial charge in [-0.05, 0) is 109 Å². The molecule has 0 saturated carbocycles. The predicted octanol–water partition coefficient (Wildman–Crippen LogP) is 13.9. The van der Waals surface area contributed by atoms with Crippen LogP contribution in [0.4, 0.5) is 5.69 Å². The highest BCUT2D eigenvalue weighted by molar-refractivity contribution is 5.76. The lowest BCUT2D eigenvalue weighted by molar-refractivity contribution is 0.593. The van der Waals surface area contributed by atoms with Crippen LogP contribution in [-0.2, 0) is 19.3 Å². The van der Waals surface area contributed by atoms with Gasteiger partial charge in [-0.25, -0.2) is 0 Å². The summed E-state index contributed by atoms with van der Waals surface area (Å²) in [5.74, 6) is 6.56. The van der Waals surface area contributed by atoms with Crippen molar-refractivity contribution in [3.05, 3.63) is 107 Å². The summed E-state index contributed by atoms with van der Waals surface area (Å²) < 4.78 is 0. The van der Waals surface area contributed by atoms with E-state index in [1.807, 2.05) is 30.3 Å². The molecule has 0 heterocycles. The summed E-state index contributed by atoms with van der Waals surface area (Å²) in [6.45, 7) is 11.5. The van der Waals surface area contributed by atoms with Gasteiger partial charge in [-0.3, -0.25) is 0 Å². The van der Waals surface area contributed by atoms with Crippen LogP contribution >= 0.6 is 0 Å². The number of rotatable bonds is 24. The van der Waals surface area contributed by atoms with Crippen LogP contribution in [0.5, 0.6) is 0 Å². The molecular formula is C46H65N. The van der Waals surface area contributed by atoms with E-state index in [0.717, 1.165) is 22.5 Å². The summed E-state index contributed by atoms with van der Waals surface area (Å²) in [4.78, 5) is 0. The van der Waals surface area contributed by atoms with Gasteiger partial charge in [0.1, 0.15) is 0 Å². The molecule has 3 aromatic carbocycles. The molecule has 1 N–H and O–H groups in total. The van der Waals surface area contributed by atoms with Gasteiger partial charge in [0.2, 0.25) is 0 Å². The maximum Gasteiger partial charge on any atom is 0.0385 e. The second-order valence-corrected chi connectivity index (χ2v) is 13.6. The average Bonchev–Trinajstić information content (AvgIpc) is 3.10. The van der Waals surface area contributed by atoms with Crippen molar-refractivity contribution >= 4 is 11.4 Å². The maximum absolute atomic E-state index is 4.56. The molecule has 1 heteroatoms. The van der Waals surface area contributed by atoms with Crippen LogP contribution < -0.4 is 5.32 Å². The van der Waals surface area contributed by atoms with Crippen molar-refractivity contribution in [2.45, 2.75) is 156 Å². The van der Waals surface area contributed by atoms with Crippen LogP contribution in [0.2, 0.25) is 0 Å². The van der Waals surface area contributed by atoms with Gasteiger partial charge in [0.05, 0.1) is 0 Å². The number of nitrogens with one attached hydrogen (secondary N) is 1. The molecule has 0 aliphatic carbocycles. The van der Waals surface area contributed by atoms with E-state index in [2.05, 4.69) is 80.9 Å². The van der Waals surface area contributed by atoms with Crippen LogP contribution in [0.15, 0.2) is 73.3 Å². The Kier molecular flexibility index (Phi) is 19.5. The third-order valence-electron chi connectivity index (χ3n) is 9.47. The minimum atomic E-state index is 0.993. The molecule has 0 radical (unpaired) electrons. The maximum atomic E-state index is 4.56. The first-order valence-electron chi connectivity index (χ1n) is 19.4. The Bertz CT molecular complexity index is 1280. The third kappa shape index (κ3) is 15.5. The summed E-state index contributed by atoms with van der Waals surface area (Å²) in [5.41, 5.74) is 10.2. The molecule has 0 atom stereocenters. The average molecular weight is 632 g/mol. The molecule has 254 valence electrons. The van der Waals surface area contributed by atoms with Crippen LogP contribution in [-0.4, -0.2) is 0 Å². The van der Waals surface area contributed by atoms with Crippen molar-refractivity contribution in [1.82, 2.24) is 0 Å². The van der Waals surface area contributed by atoms with E-state index < -0.39 is 0 Å². The molecule has 47 heavy (non-hydrogen) atoms. The Morgan fingerprint density at radius 1 is 0.511 bits per heavy atom. The van der Waals surface area contributed by atoms with Crippen LogP contribution in [0.1, 0.15) is 170 Å². The van der Waals surface area contributed by atoms with Gasteiger partial charge in [-0.15, -0.1) is 0 Å². The quantitative estimate of drug-likeness (QED) is 0.0766. The molecule has 0 fully saturated rings. The summed E-state index contributed by atoms with van der Waals surface area (Å²) in [5, 5.41) is 3.64. The zero-order valence-electron chi connectivity index (χ0n) is 30.4. The molecule has 3 rings (SSSR count). The Morgan fingerprint density at radius 3 is 1.43 bits per heavy atom. The predicted molar refractivity (Wildman–Crippen MR) is 209 cm³/mol. The van der Waals surface area contributed by atoms with Gasteiger partial charge < -0.3 is 5.32 Å². The normalized spacial score (nSPS) is 10.9. The van der Waals surface area contributed by atoms with E-state index in [1.165, 1.54) is 140 Å². The van der Waals surface area contributed by atoms with E-state index in [4.69, 9.17) is 0 Å². The Labute approximate surface area is 290 Å². The van der Waals surface area contributed by atoms with E-state index in [9.17, 15) is 0 Å². The largest absolute Gasteiger partial charge is 0.356 e. The fraction of sp³-hybridized carbons (Fsp3) is 0.522. The molecule has 0 saturated heterocycles. The highest BCUT2D eigenvalue weighted by Gasteiger charge is 2.13. The van der Waals surface area contributed by atoms with Gasteiger partial charge in [0.25, 0.3) is 0 Å².